The molecule has 1 aromatic heterocycles. The number of aryl methyl sites for hydroxylation is 1. The molecule has 0 radical (unpaired) electrons. The highest BCUT2D eigenvalue weighted by molar-refractivity contribution is 5.98. The summed E-state index contributed by atoms with van der Waals surface area (Å²) in [6.45, 7) is 4.05. The summed E-state index contributed by atoms with van der Waals surface area (Å²) in [5.41, 5.74) is 5.46. The van der Waals surface area contributed by atoms with Crippen molar-refractivity contribution in [2.24, 2.45) is 7.05 Å². The summed E-state index contributed by atoms with van der Waals surface area (Å²) in [6, 6.07) is 18.2. The van der Waals surface area contributed by atoms with Crippen LogP contribution in [0.2, 0.25) is 0 Å². The van der Waals surface area contributed by atoms with E-state index < -0.39 is 5.97 Å². The summed E-state index contributed by atoms with van der Waals surface area (Å²) in [5, 5.41) is 9.54. The fraction of sp³-hybridized carbons (Fsp3) is 0.250. The van der Waals surface area contributed by atoms with E-state index >= 15 is 0 Å². The summed E-state index contributed by atoms with van der Waals surface area (Å²) in [7, 11) is 3.44. The van der Waals surface area contributed by atoms with Gasteiger partial charge < -0.3 is 14.0 Å². The number of hydrogen-bond donors (Lipinski definition) is 0. The maximum absolute atomic E-state index is 12.4. The molecule has 1 unspecified atom stereocenters. The summed E-state index contributed by atoms with van der Waals surface area (Å²) in [6.07, 6.45) is 1.68. The molecule has 5 heteroatoms. The first-order chi connectivity index (χ1) is 14.0. The second-order valence-electron chi connectivity index (χ2n) is 6.79. The molecule has 0 saturated heterocycles. The molecule has 3 rings (SSSR count). The fourth-order valence-electron chi connectivity index (χ4n) is 3.39. The molecule has 0 amide bonds. The number of hydrogen-bond acceptors (Lipinski definition) is 4. The fourth-order valence-corrected chi connectivity index (χ4v) is 3.39. The van der Waals surface area contributed by atoms with E-state index in [-0.39, 0.29) is 12.7 Å². The van der Waals surface area contributed by atoms with Gasteiger partial charge in [-0.2, -0.15) is 5.26 Å². The Morgan fingerprint density at radius 3 is 2.45 bits per heavy atom. The van der Waals surface area contributed by atoms with E-state index in [0.717, 1.165) is 22.3 Å². The molecule has 0 N–H and O–H groups in total. The second kappa shape index (κ2) is 8.76. The third kappa shape index (κ3) is 4.08. The van der Waals surface area contributed by atoms with Gasteiger partial charge in [0.2, 0.25) is 0 Å². The Labute approximate surface area is 171 Å². The van der Waals surface area contributed by atoms with Crippen LogP contribution in [0.5, 0.6) is 0 Å². The van der Waals surface area contributed by atoms with Gasteiger partial charge in [0.25, 0.3) is 0 Å². The number of methoxy groups -OCH3 is 1. The Kier molecular flexibility index (Phi) is 6.16. The lowest BCUT2D eigenvalue weighted by atomic mass is 9.97. The quantitative estimate of drug-likeness (QED) is 0.550. The molecule has 2 aromatic carbocycles. The van der Waals surface area contributed by atoms with Gasteiger partial charge in [0.1, 0.15) is 11.8 Å². The van der Waals surface area contributed by atoms with E-state index in [4.69, 9.17) is 9.47 Å². The van der Waals surface area contributed by atoms with Gasteiger partial charge >= 0.3 is 5.97 Å². The Bertz CT molecular complexity index is 1060. The highest BCUT2D eigenvalue weighted by Crippen LogP contribution is 2.32. The summed E-state index contributed by atoms with van der Waals surface area (Å²) in [5.74, 6) is -0.433. The van der Waals surface area contributed by atoms with E-state index in [1.807, 2.05) is 49.4 Å². The van der Waals surface area contributed by atoms with Gasteiger partial charge in [0.15, 0.2) is 0 Å². The molecule has 29 heavy (non-hydrogen) atoms. The third-order valence-electron chi connectivity index (χ3n) is 4.99. The normalized spacial score (nSPS) is 11.7. The lowest BCUT2D eigenvalue weighted by Crippen LogP contribution is -2.10. The number of nitriles is 1. The third-order valence-corrected chi connectivity index (χ3v) is 4.99. The lowest BCUT2D eigenvalue weighted by molar-refractivity contribution is 0.0516. The minimum absolute atomic E-state index is 0.0175. The first kappa shape index (κ1) is 20.4. The van der Waals surface area contributed by atoms with Crippen molar-refractivity contribution in [1.82, 2.24) is 4.57 Å². The van der Waals surface area contributed by atoms with Gasteiger partial charge in [0, 0.05) is 25.9 Å². The molecular weight excluding hydrogens is 364 g/mol. The van der Waals surface area contributed by atoms with Crippen LogP contribution in [0.15, 0.2) is 54.7 Å². The van der Waals surface area contributed by atoms with Crippen molar-refractivity contribution in [3.63, 3.8) is 0 Å². The number of benzene rings is 2. The molecule has 0 spiro atoms. The first-order valence-corrected chi connectivity index (χ1v) is 9.50. The molecule has 1 atom stereocenters. The molecule has 0 aliphatic carbocycles. The number of rotatable bonds is 6. The van der Waals surface area contributed by atoms with Crippen LogP contribution >= 0.6 is 0 Å². The SMILES string of the molecule is CCOC(=O)c1c(-c2ccc(-c3cccc(C(C)OC)c3)cc2)c(C#N)cn1C. The highest BCUT2D eigenvalue weighted by Gasteiger charge is 2.22. The minimum atomic E-state index is -0.433. The summed E-state index contributed by atoms with van der Waals surface area (Å²) in [4.78, 5) is 12.4. The predicted molar refractivity (Wildman–Crippen MR) is 112 cm³/mol. The van der Waals surface area contributed by atoms with Crippen LogP contribution in [0.4, 0.5) is 0 Å². The van der Waals surface area contributed by atoms with Crippen molar-refractivity contribution in [3.8, 4) is 28.3 Å². The van der Waals surface area contributed by atoms with Crippen LogP contribution in [0.3, 0.4) is 0 Å². The van der Waals surface area contributed by atoms with Crippen molar-refractivity contribution in [2.45, 2.75) is 20.0 Å². The number of nitrogens with zero attached hydrogens (tertiary/aromatic N) is 2. The number of carbonyl (C=O) groups is 1. The smallest absolute Gasteiger partial charge is 0.355 e. The average Bonchev–Trinajstić information content (AvgIpc) is 3.09. The Hall–Kier alpha value is -3.36. The minimum Gasteiger partial charge on any atom is -0.461 e. The second-order valence-corrected chi connectivity index (χ2v) is 6.79. The zero-order chi connectivity index (χ0) is 21.0. The van der Waals surface area contributed by atoms with Crippen molar-refractivity contribution in [2.75, 3.05) is 13.7 Å². The van der Waals surface area contributed by atoms with Crippen LogP contribution in [0.1, 0.15) is 41.6 Å². The number of carbonyl (C=O) groups excluding carboxylic acids is 1. The summed E-state index contributed by atoms with van der Waals surface area (Å²) < 4.78 is 12.2. The molecule has 3 aromatic rings. The zero-order valence-corrected chi connectivity index (χ0v) is 17.1. The Morgan fingerprint density at radius 2 is 1.83 bits per heavy atom. The van der Waals surface area contributed by atoms with Crippen LogP contribution in [0.25, 0.3) is 22.3 Å². The van der Waals surface area contributed by atoms with E-state index in [2.05, 4.69) is 12.1 Å². The molecule has 0 saturated carbocycles. The number of aromatic nitrogens is 1. The first-order valence-electron chi connectivity index (χ1n) is 9.50. The highest BCUT2D eigenvalue weighted by atomic mass is 16.5. The lowest BCUT2D eigenvalue weighted by Gasteiger charge is -2.12. The van der Waals surface area contributed by atoms with Crippen molar-refractivity contribution >= 4 is 5.97 Å². The predicted octanol–water partition coefficient (Wildman–Crippen LogP) is 5.11. The average molecular weight is 388 g/mol. The molecule has 0 aliphatic heterocycles. The zero-order valence-electron chi connectivity index (χ0n) is 17.1. The monoisotopic (exact) mass is 388 g/mol. The van der Waals surface area contributed by atoms with Gasteiger partial charge in [-0.05, 0) is 42.2 Å². The maximum Gasteiger partial charge on any atom is 0.355 e. The van der Waals surface area contributed by atoms with E-state index in [1.165, 1.54) is 0 Å². The molecule has 5 nitrogen and oxygen atoms in total. The Morgan fingerprint density at radius 1 is 1.14 bits per heavy atom. The largest absolute Gasteiger partial charge is 0.461 e. The van der Waals surface area contributed by atoms with Gasteiger partial charge in [0.05, 0.1) is 18.3 Å². The standard InChI is InChI=1S/C24H24N2O3/c1-5-29-24(27)23-22(21(14-25)15-26(23)3)18-11-9-17(10-12-18)20-8-6-7-19(13-20)16(2)28-4/h6-13,15-16H,5H2,1-4H3. The summed E-state index contributed by atoms with van der Waals surface area (Å²) >= 11 is 0. The molecule has 0 bridgehead atoms. The van der Waals surface area contributed by atoms with Crippen LogP contribution in [0, 0.1) is 11.3 Å². The van der Waals surface area contributed by atoms with Gasteiger partial charge in [-0.1, -0.05) is 42.5 Å². The van der Waals surface area contributed by atoms with Crippen LogP contribution in [-0.4, -0.2) is 24.3 Å². The molecule has 0 fully saturated rings. The Balaban J connectivity index is 2.02. The molecule has 148 valence electrons. The maximum atomic E-state index is 12.4. The van der Waals surface area contributed by atoms with E-state index in [0.29, 0.717) is 16.8 Å². The van der Waals surface area contributed by atoms with E-state index in [9.17, 15) is 10.1 Å². The van der Waals surface area contributed by atoms with Crippen LogP contribution in [-0.2, 0) is 16.5 Å². The van der Waals surface area contributed by atoms with Gasteiger partial charge in [-0.25, -0.2) is 4.79 Å². The van der Waals surface area contributed by atoms with Gasteiger partial charge in [-0.3, -0.25) is 0 Å². The number of esters is 1. The van der Waals surface area contributed by atoms with Crippen molar-refractivity contribution < 1.29 is 14.3 Å². The number of ether oxygens (including phenoxy) is 2. The molecular formula is C24H24N2O3. The van der Waals surface area contributed by atoms with Crippen molar-refractivity contribution in [1.29, 1.82) is 5.26 Å². The molecule has 0 aliphatic rings. The topological polar surface area (TPSA) is 64.2 Å². The molecule has 1 heterocycles. The van der Waals surface area contributed by atoms with Gasteiger partial charge in [-0.15, -0.1) is 0 Å². The van der Waals surface area contributed by atoms with E-state index in [1.54, 1.807) is 31.8 Å². The van der Waals surface area contributed by atoms with Crippen LogP contribution < -0.4 is 0 Å². The van der Waals surface area contributed by atoms with Crippen molar-refractivity contribution in [3.05, 3.63) is 71.5 Å².